The first-order valence-electron chi connectivity index (χ1n) is 9.05. The van der Waals surface area contributed by atoms with E-state index < -0.39 is 0 Å². The van der Waals surface area contributed by atoms with E-state index in [4.69, 9.17) is 4.74 Å². The molecule has 0 aliphatic heterocycles. The predicted octanol–water partition coefficient (Wildman–Crippen LogP) is 2.76. The van der Waals surface area contributed by atoms with Crippen molar-refractivity contribution < 1.29 is 14.3 Å². The number of methoxy groups -OCH3 is 1. The highest BCUT2D eigenvalue weighted by atomic mass is 16.5. The molecule has 1 unspecified atom stereocenters. The number of hydrogen-bond acceptors (Lipinski definition) is 4. The van der Waals surface area contributed by atoms with Gasteiger partial charge >= 0.3 is 6.03 Å². The Balaban J connectivity index is 1.48. The molecular formula is C19H25N5O3. The summed E-state index contributed by atoms with van der Waals surface area (Å²) < 4.78 is 6.70. The number of rotatable bonds is 8. The number of anilines is 2. The maximum atomic E-state index is 12.2. The number of carbonyl (C=O) groups is 2. The van der Waals surface area contributed by atoms with Gasteiger partial charge in [0.15, 0.2) is 0 Å². The normalized spacial score (nSPS) is 14.4. The Hall–Kier alpha value is -2.87. The van der Waals surface area contributed by atoms with Gasteiger partial charge in [0.1, 0.15) is 0 Å². The van der Waals surface area contributed by atoms with Crippen molar-refractivity contribution >= 4 is 23.3 Å². The summed E-state index contributed by atoms with van der Waals surface area (Å²) in [6.45, 7) is 3.08. The van der Waals surface area contributed by atoms with Gasteiger partial charge in [-0.15, -0.1) is 0 Å². The average molecular weight is 371 g/mol. The van der Waals surface area contributed by atoms with Crippen LogP contribution in [0.1, 0.15) is 31.4 Å². The Morgan fingerprint density at radius 3 is 2.63 bits per heavy atom. The molecule has 1 aliphatic rings. The number of nitrogens with zero attached hydrogens (tertiary/aromatic N) is 2. The van der Waals surface area contributed by atoms with Crippen LogP contribution in [0.4, 0.5) is 16.2 Å². The molecule has 8 heteroatoms. The first-order chi connectivity index (χ1) is 13.0. The number of aromatic nitrogens is 2. The maximum absolute atomic E-state index is 12.2. The van der Waals surface area contributed by atoms with Crippen molar-refractivity contribution in [2.24, 2.45) is 5.92 Å². The van der Waals surface area contributed by atoms with Gasteiger partial charge in [0.25, 0.3) is 0 Å². The molecule has 1 fully saturated rings. The second kappa shape index (κ2) is 8.68. The van der Waals surface area contributed by atoms with Crippen molar-refractivity contribution in [2.75, 3.05) is 24.4 Å². The standard InChI is InChI=1S/C19H25N5O3/c1-13(14-5-7-16(8-6-14)22-18(25)15-3-4-15)21-19(26)23-17-11-20-24(12-17)9-10-27-2/h5-8,11-13,15H,3-4,9-10H2,1-2H3,(H,22,25)(H2,21,23,26). The lowest BCUT2D eigenvalue weighted by molar-refractivity contribution is -0.117. The van der Waals surface area contributed by atoms with Crippen molar-refractivity contribution in [3.05, 3.63) is 42.2 Å². The zero-order valence-electron chi connectivity index (χ0n) is 15.6. The van der Waals surface area contributed by atoms with E-state index in [0.717, 1.165) is 24.1 Å². The van der Waals surface area contributed by atoms with E-state index in [1.807, 2.05) is 31.2 Å². The fraction of sp³-hybridized carbons (Fsp3) is 0.421. The Morgan fingerprint density at radius 1 is 1.22 bits per heavy atom. The number of amides is 3. The Labute approximate surface area is 158 Å². The molecule has 2 aromatic rings. The molecule has 1 atom stereocenters. The van der Waals surface area contributed by atoms with Crippen molar-refractivity contribution in [3.63, 3.8) is 0 Å². The van der Waals surface area contributed by atoms with Crippen LogP contribution in [0.15, 0.2) is 36.7 Å². The summed E-state index contributed by atoms with van der Waals surface area (Å²) in [5.41, 5.74) is 2.34. The topological polar surface area (TPSA) is 97.3 Å². The number of carbonyl (C=O) groups excluding carboxylic acids is 2. The van der Waals surface area contributed by atoms with Gasteiger partial charge in [-0.1, -0.05) is 12.1 Å². The molecule has 0 saturated heterocycles. The average Bonchev–Trinajstić information content (AvgIpc) is 3.41. The van der Waals surface area contributed by atoms with Gasteiger partial charge in [0.05, 0.1) is 31.1 Å². The molecule has 0 spiro atoms. The molecule has 3 rings (SSSR count). The minimum atomic E-state index is -0.306. The zero-order chi connectivity index (χ0) is 19.2. The second-order valence-electron chi connectivity index (χ2n) is 6.69. The summed E-state index contributed by atoms with van der Waals surface area (Å²) in [5, 5.41) is 12.7. The van der Waals surface area contributed by atoms with E-state index >= 15 is 0 Å². The lowest BCUT2D eigenvalue weighted by atomic mass is 10.1. The number of ether oxygens (including phenoxy) is 1. The van der Waals surface area contributed by atoms with Crippen molar-refractivity contribution in [1.29, 1.82) is 0 Å². The lowest BCUT2D eigenvalue weighted by Crippen LogP contribution is -2.31. The van der Waals surface area contributed by atoms with E-state index in [1.165, 1.54) is 0 Å². The summed E-state index contributed by atoms with van der Waals surface area (Å²) in [6.07, 6.45) is 5.30. The monoisotopic (exact) mass is 371 g/mol. The molecule has 3 amide bonds. The van der Waals surface area contributed by atoms with Gasteiger partial charge in [-0.2, -0.15) is 5.10 Å². The highest BCUT2D eigenvalue weighted by molar-refractivity contribution is 5.94. The Bertz CT molecular complexity index is 783. The van der Waals surface area contributed by atoms with Crippen LogP contribution in [-0.2, 0) is 16.1 Å². The van der Waals surface area contributed by atoms with Crippen LogP contribution in [0, 0.1) is 5.92 Å². The zero-order valence-corrected chi connectivity index (χ0v) is 15.6. The van der Waals surface area contributed by atoms with E-state index in [0.29, 0.717) is 18.8 Å². The fourth-order valence-corrected chi connectivity index (χ4v) is 2.63. The van der Waals surface area contributed by atoms with E-state index in [1.54, 1.807) is 24.2 Å². The number of urea groups is 1. The predicted molar refractivity (Wildman–Crippen MR) is 102 cm³/mol. The molecule has 1 aromatic heterocycles. The molecule has 3 N–H and O–H groups in total. The largest absolute Gasteiger partial charge is 0.383 e. The highest BCUT2D eigenvalue weighted by Gasteiger charge is 2.29. The van der Waals surface area contributed by atoms with Crippen LogP contribution in [-0.4, -0.2) is 35.4 Å². The minimum Gasteiger partial charge on any atom is -0.383 e. The molecule has 27 heavy (non-hydrogen) atoms. The van der Waals surface area contributed by atoms with Gasteiger partial charge in [-0.05, 0) is 37.5 Å². The molecular weight excluding hydrogens is 346 g/mol. The Morgan fingerprint density at radius 2 is 1.96 bits per heavy atom. The molecule has 1 heterocycles. The molecule has 0 radical (unpaired) electrons. The smallest absolute Gasteiger partial charge is 0.319 e. The number of benzene rings is 1. The van der Waals surface area contributed by atoms with Gasteiger partial charge in [-0.25, -0.2) is 4.79 Å². The maximum Gasteiger partial charge on any atom is 0.319 e. The van der Waals surface area contributed by atoms with Gasteiger partial charge in [-0.3, -0.25) is 9.48 Å². The van der Waals surface area contributed by atoms with Crippen LogP contribution in [0.25, 0.3) is 0 Å². The summed E-state index contributed by atoms with van der Waals surface area (Å²) in [4.78, 5) is 24.0. The van der Waals surface area contributed by atoms with E-state index in [2.05, 4.69) is 21.0 Å². The van der Waals surface area contributed by atoms with Crippen LogP contribution in [0.2, 0.25) is 0 Å². The van der Waals surface area contributed by atoms with Crippen LogP contribution >= 0.6 is 0 Å². The summed E-state index contributed by atoms with van der Waals surface area (Å²) in [7, 11) is 1.63. The highest BCUT2D eigenvalue weighted by Crippen LogP contribution is 2.30. The minimum absolute atomic E-state index is 0.0827. The third-order valence-corrected chi connectivity index (χ3v) is 4.39. The van der Waals surface area contributed by atoms with Crippen molar-refractivity contribution in [2.45, 2.75) is 32.4 Å². The summed E-state index contributed by atoms with van der Waals surface area (Å²) in [6, 6.07) is 7.02. The molecule has 8 nitrogen and oxygen atoms in total. The van der Waals surface area contributed by atoms with Crippen molar-refractivity contribution in [1.82, 2.24) is 15.1 Å². The fourth-order valence-electron chi connectivity index (χ4n) is 2.63. The van der Waals surface area contributed by atoms with Crippen LogP contribution in [0.3, 0.4) is 0 Å². The van der Waals surface area contributed by atoms with Crippen LogP contribution < -0.4 is 16.0 Å². The van der Waals surface area contributed by atoms with Gasteiger partial charge in [0.2, 0.25) is 5.91 Å². The van der Waals surface area contributed by atoms with Crippen LogP contribution in [0.5, 0.6) is 0 Å². The van der Waals surface area contributed by atoms with Gasteiger partial charge < -0.3 is 20.7 Å². The van der Waals surface area contributed by atoms with E-state index in [-0.39, 0.29) is 23.9 Å². The molecule has 1 aliphatic carbocycles. The second-order valence-corrected chi connectivity index (χ2v) is 6.69. The molecule has 1 saturated carbocycles. The number of nitrogens with one attached hydrogen (secondary N) is 3. The third-order valence-electron chi connectivity index (χ3n) is 4.39. The van der Waals surface area contributed by atoms with Gasteiger partial charge in [0, 0.05) is 24.9 Å². The first kappa shape index (κ1) is 18.9. The number of hydrogen-bond donors (Lipinski definition) is 3. The molecule has 0 bridgehead atoms. The molecule has 144 valence electrons. The van der Waals surface area contributed by atoms with Crippen molar-refractivity contribution in [3.8, 4) is 0 Å². The van der Waals surface area contributed by atoms with E-state index in [9.17, 15) is 9.59 Å². The quantitative estimate of drug-likeness (QED) is 0.665. The summed E-state index contributed by atoms with van der Waals surface area (Å²) >= 11 is 0. The lowest BCUT2D eigenvalue weighted by Gasteiger charge is -2.15. The molecule has 1 aromatic carbocycles. The Kier molecular flexibility index (Phi) is 6.08. The summed E-state index contributed by atoms with van der Waals surface area (Å²) in [5.74, 6) is 0.257. The SMILES string of the molecule is COCCn1cc(NC(=O)NC(C)c2ccc(NC(=O)C3CC3)cc2)cn1. The first-order valence-corrected chi connectivity index (χ1v) is 9.05. The third kappa shape index (κ3) is 5.55.